The summed E-state index contributed by atoms with van der Waals surface area (Å²) in [5.74, 6) is -0.0410. The first-order valence-electron chi connectivity index (χ1n) is 6.93. The second-order valence-electron chi connectivity index (χ2n) is 5.01. The monoisotopic (exact) mass is 299 g/mol. The van der Waals surface area contributed by atoms with Gasteiger partial charge < -0.3 is 10.6 Å². The molecule has 0 saturated carbocycles. The molecule has 6 heteroatoms. The highest BCUT2D eigenvalue weighted by Gasteiger charge is 2.16. The minimum atomic E-state index is -3.34. The molecule has 0 aromatic heterocycles. The van der Waals surface area contributed by atoms with Crippen LogP contribution in [0, 0.1) is 0 Å². The van der Waals surface area contributed by atoms with E-state index in [1.165, 1.54) is 0 Å². The number of likely N-dealkylation sites (N-methyl/N-ethyl adjacent to an activating group) is 1. The van der Waals surface area contributed by atoms with Crippen molar-refractivity contribution in [1.82, 2.24) is 9.62 Å². The standard InChI is InChI=1S/C14H25N3O2S/c1-4-17(5-2)10-12(3)16-20(18,19)11-13-7-6-8-14(15)9-13/h6-9,12,16H,4-5,10-11,15H2,1-3H3. The number of nitrogens with zero attached hydrogens (tertiary/aromatic N) is 1. The zero-order valence-electron chi connectivity index (χ0n) is 12.5. The molecule has 3 N–H and O–H groups in total. The number of anilines is 1. The molecule has 1 rings (SSSR count). The van der Waals surface area contributed by atoms with Crippen molar-refractivity contribution in [3.8, 4) is 0 Å². The number of nitrogens with one attached hydrogen (secondary N) is 1. The molecule has 0 aliphatic carbocycles. The molecule has 1 atom stereocenters. The maximum Gasteiger partial charge on any atom is 0.216 e. The fourth-order valence-electron chi connectivity index (χ4n) is 2.16. The quantitative estimate of drug-likeness (QED) is 0.712. The lowest BCUT2D eigenvalue weighted by molar-refractivity contribution is 0.282. The largest absolute Gasteiger partial charge is 0.399 e. The van der Waals surface area contributed by atoms with Gasteiger partial charge in [0.1, 0.15) is 0 Å². The first-order chi connectivity index (χ1) is 9.36. The summed E-state index contributed by atoms with van der Waals surface area (Å²) >= 11 is 0. The lowest BCUT2D eigenvalue weighted by atomic mass is 10.2. The molecular weight excluding hydrogens is 274 g/mol. The van der Waals surface area contributed by atoms with Crippen LogP contribution in [0.15, 0.2) is 24.3 Å². The van der Waals surface area contributed by atoms with E-state index in [4.69, 9.17) is 5.73 Å². The number of hydrogen-bond acceptors (Lipinski definition) is 4. The normalized spacial score (nSPS) is 13.6. The van der Waals surface area contributed by atoms with Crippen LogP contribution in [0.2, 0.25) is 0 Å². The highest BCUT2D eigenvalue weighted by molar-refractivity contribution is 7.88. The summed E-state index contributed by atoms with van der Waals surface area (Å²) in [6.45, 7) is 8.56. The van der Waals surface area contributed by atoms with Gasteiger partial charge in [-0.1, -0.05) is 26.0 Å². The maximum absolute atomic E-state index is 12.1. The van der Waals surface area contributed by atoms with Gasteiger partial charge in [-0.25, -0.2) is 13.1 Å². The minimum absolute atomic E-state index is 0.0410. The van der Waals surface area contributed by atoms with E-state index >= 15 is 0 Å². The van der Waals surface area contributed by atoms with Gasteiger partial charge in [-0.05, 0) is 37.7 Å². The Kier molecular flexibility index (Phi) is 6.45. The number of benzene rings is 1. The Morgan fingerprint density at radius 1 is 1.30 bits per heavy atom. The van der Waals surface area contributed by atoms with Gasteiger partial charge in [-0.2, -0.15) is 0 Å². The molecular formula is C14H25N3O2S. The van der Waals surface area contributed by atoms with Gasteiger partial charge in [0.05, 0.1) is 5.75 Å². The summed E-state index contributed by atoms with van der Waals surface area (Å²) in [7, 11) is -3.34. The molecule has 1 aromatic carbocycles. The predicted octanol–water partition coefficient (Wildman–Crippen LogP) is 1.42. The summed E-state index contributed by atoms with van der Waals surface area (Å²) in [6, 6.07) is 6.85. The van der Waals surface area contributed by atoms with Crippen molar-refractivity contribution in [3.05, 3.63) is 29.8 Å². The molecule has 1 unspecified atom stereocenters. The summed E-state index contributed by atoms with van der Waals surface area (Å²) in [5, 5.41) is 0. The minimum Gasteiger partial charge on any atom is -0.399 e. The number of nitrogen functional groups attached to an aromatic ring is 1. The number of sulfonamides is 1. The van der Waals surface area contributed by atoms with E-state index in [0.29, 0.717) is 17.8 Å². The SMILES string of the molecule is CCN(CC)CC(C)NS(=O)(=O)Cc1cccc(N)c1. The van der Waals surface area contributed by atoms with Crippen molar-refractivity contribution in [3.63, 3.8) is 0 Å². The molecule has 0 heterocycles. The number of hydrogen-bond donors (Lipinski definition) is 2. The first kappa shape index (κ1) is 16.9. The molecule has 0 fully saturated rings. The van der Waals surface area contributed by atoms with Crippen molar-refractivity contribution >= 4 is 15.7 Å². The summed E-state index contributed by atoms with van der Waals surface area (Å²) in [5.41, 5.74) is 6.94. The van der Waals surface area contributed by atoms with Crippen LogP contribution in [0.1, 0.15) is 26.3 Å². The highest BCUT2D eigenvalue weighted by Crippen LogP contribution is 2.10. The van der Waals surface area contributed by atoms with E-state index < -0.39 is 10.0 Å². The lowest BCUT2D eigenvalue weighted by Crippen LogP contribution is -2.42. The van der Waals surface area contributed by atoms with Crippen LogP contribution in [0.4, 0.5) is 5.69 Å². The van der Waals surface area contributed by atoms with Gasteiger partial charge in [-0.3, -0.25) is 0 Å². The second-order valence-corrected chi connectivity index (χ2v) is 6.76. The van der Waals surface area contributed by atoms with Crippen LogP contribution in [0.5, 0.6) is 0 Å². The first-order valence-corrected chi connectivity index (χ1v) is 8.58. The van der Waals surface area contributed by atoms with Crippen molar-refractivity contribution in [1.29, 1.82) is 0 Å². The molecule has 0 radical (unpaired) electrons. The zero-order chi connectivity index (χ0) is 15.2. The molecule has 1 aromatic rings. The Morgan fingerprint density at radius 2 is 1.95 bits per heavy atom. The van der Waals surface area contributed by atoms with E-state index in [2.05, 4.69) is 23.5 Å². The summed E-state index contributed by atoms with van der Waals surface area (Å²) < 4.78 is 26.9. The summed E-state index contributed by atoms with van der Waals surface area (Å²) in [6.07, 6.45) is 0. The van der Waals surface area contributed by atoms with E-state index in [1.54, 1.807) is 24.3 Å². The van der Waals surface area contributed by atoms with Gasteiger partial charge in [0.2, 0.25) is 10.0 Å². The van der Waals surface area contributed by atoms with E-state index in [1.807, 2.05) is 6.92 Å². The smallest absolute Gasteiger partial charge is 0.216 e. The Labute approximate surface area is 122 Å². The van der Waals surface area contributed by atoms with Crippen LogP contribution in [-0.2, 0) is 15.8 Å². The topological polar surface area (TPSA) is 75.4 Å². The summed E-state index contributed by atoms with van der Waals surface area (Å²) in [4.78, 5) is 2.19. The highest BCUT2D eigenvalue weighted by atomic mass is 32.2. The molecule has 20 heavy (non-hydrogen) atoms. The average Bonchev–Trinajstić information content (AvgIpc) is 2.34. The van der Waals surface area contributed by atoms with Crippen molar-refractivity contribution in [2.24, 2.45) is 0 Å². The molecule has 5 nitrogen and oxygen atoms in total. The molecule has 0 bridgehead atoms. The van der Waals surface area contributed by atoms with Crippen molar-refractivity contribution in [2.75, 3.05) is 25.4 Å². The van der Waals surface area contributed by atoms with Gasteiger partial charge in [-0.15, -0.1) is 0 Å². The van der Waals surface area contributed by atoms with E-state index in [-0.39, 0.29) is 11.8 Å². The van der Waals surface area contributed by atoms with Gasteiger partial charge in [0.15, 0.2) is 0 Å². The van der Waals surface area contributed by atoms with Crippen molar-refractivity contribution in [2.45, 2.75) is 32.6 Å². The third-order valence-corrected chi connectivity index (χ3v) is 4.59. The van der Waals surface area contributed by atoms with Crippen LogP contribution < -0.4 is 10.5 Å². The van der Waals surface area contributed by atoms with Gasteiger partial charge in [0, 0.05) is 18.3 Å². The van der Waals surface area contributed by atoms with Crippen LogP contribution in [0.3, 0.4) is 0 Å². The Hall–Kier alpha value is -1.11. The zero-order valence-corrected chi connectivity index (χ0v) is 13.3. The molecule has 0 saturated heterocycles. The van der Waals surface area contributed by atoms with Gasteiger partial charge in [0.25, 0.3) is 0 Å². The third-order valence-electron chi connectivity index (χ3n) is 3.11. The van der Waals surface area contributed by atoms with Crippen LogP contribution in [-0.4, -0.2) is 39.0 Å². The predicted molar refractivity (Wildman–Crippen MR) is 83.9 cm³/mol. The Morgan fingerprint density at radius 3 is 2.50 bits per heavy atom. The Bertz CT molecular complexity index is 513. The molecule has 114 valence electrons. The van der Waals surface area contributed by atoms with Crippen LogP contribution >= 0.6 is 0 Å². The average molecular weight is 299 g/mol. The van der Waals surface area contributed by atoms with Crippen molar-refractivity contribution < 1.29 is 8.42 Å². The van der Waals surface area contributed by atoms with E-state index in [9.17, 15) is 8.42 Å². The Balaban J connectivity index is 2.61. The fraction of sp³-hybridized carbons (Fsp3) is 0.571. The molecule has 0 aliphatic rings. The number of nitrogens with two attached hydrogens (primary N) is 1. The molecule has 0 spiro atoms. The fourth-order valence-corrected chi connectivity index (χ4v) is 3.55. The third kappa shape index (κ3) is 5.90. The molecule has 0 aliphatic heterocycles. The lowest BCUT2D eigenvalue weighted by Gasteiger charge is -2.23. The van der Waals surface area contributed by atoms with Gasteiger partial charge >= 0.3 is 0 Å². The van der Waals surface area contributed by atoms with E-state index in [0.717, 1.165) is 13.1 Å². The maximum atomic E-state index is 12.1. The number of rotatable bonds is 8. The second kappa shape index (κ2) is 7.61. The van der Waals surface area contributed by atoms with Crippen LogP contribution in [0.25, 0.3) is 0 Å². The molecule has 0 amide bonds.